The number of carbonyl (C=O) groups excluding carboxylic acids is 2. The smallest absolute Gasteiger partial charge is 0.345 e. The molecule has 0 atom stereocenters. The largest absolute Gasteiger partial charge is 0.465 e. The van der Waals surface area contributed by atoms with Crippen LogP contribution < -0.4 is 0 Å². The maximum absolute atomic E-state index is 13.0. The van der Waals surface area contributed by atoms with Crippen molar-refractivity contribution in [1.29, 1.82) is 0 Å². The second-order valence-corrected chi connectivity index (χ2v) is 3.21. The molecule has 0 fully saturated rings. The maximum atomic E-state index is 13.0. The molecule has 0 heterocycles. The third kappa shape index (κ3) is 3.13. The molecule has 0 aliphatic carbocycles. The lowest BCUT2D eigenvalue weighted by molar-refractivity contribution is -0.143. The van der Waals surface area contributed by atoms with Crippen LogP contribution in [0, 0.1) is 11.6 Å². The van der Waals surface area contributed by atoms with Gasteiger partial charge in [-0.25, -0.2) is 18.4 Å². The zero-order chi connectivity index (χ0) is 13.7. The highest BCUT2D eigenvalue weighted by Gasteiger charge is 2.19. The average Bonchev–Trinajstić information content (AvgIpc) is 2.38. The summed E-state index contributed by atoms with van der Waals surface area (Å²) in [7, 11) is 2.18. The number of hydrogen-bond acceptors (Lipinski definition) is 4. The molecule has 96 valence electrons. The fourth-order valence-electron chi connectivity index (χ4n) is 1.19. The van der Waals surface area contributed by atoms with E-state index in [1.54, 1.807) is 0 Å². The summed E-state index contributed by atoms with van der Waals surface area (Å²) >= 11 is 0. The van der Waals surface area contributed by atoms with E-state index in [0.717, 1.165) is 32.4 Å². The number of benzene rings is 1. The van der Waals surface area contributed by atoms with Gasteiger partial charge in [0.2, 0.25) is 0 Å². The van der Waals surface area contributed by atoms with Gasteiger partial charge >= 0.3 is 11.9 Å². The lowest BCUT2D eigenvalue weighted by atomic mass is 10.1. The van der Waals surface area contributed by atoms with Crippen molar-refractivity contribution in [3.05, 3.63) is 41.0 Å². The van der Waals surface area contributed by atoms with E-state index < -0.39 is 29.1 Å². The lowest BCUT2D eigenvalue weighted by Crippen LogP contribution is -2.15. The molecule has 0 N–H and O–H groups in total. The SMILES string of the molecule is COC(=O)C(=Cc1ccc(F)c(F)c1)C(=O)OC. The van der Waals surface area contributed by atoms with Gasteiger partial charge in [0.15, 0.2) is 11.6 Å². The Morgan fingerprint density at radius 2 is 1.61 bits per heavy atom. The molecule has 4 nitrogen and oxygen atoms in total. The van der Waals surface area contributed by atoms with E-state index in [9.17, 15) is 18.4 Å². The zero-order valence-corrected chi connectivity index (χ0v) is 9.70. The van der Waals surface area contributed by atoms with Gasteiger partial charge in [0.1, 0.15) is 5.57 Å². The molecule has 0 bridgehead atoms. The van der Waals surface area contributed by atoms with Crippen LogP contribution in [-0.2, 0) is 19.1 Å². The molecule has 18 heavy (non-hydrogen) atoms. The first kappa shape index (κ1) is 13.8. The maximum Gasteiger partial charge on any atom is 0.345 e. The van der Waals surface area contributed by atoms with Crippen LogP contribution in [0.1, 0.15) is 5.56 Å². The van der Waals surface area contributed by atoms with E-state index in [-0.39, 0.29) is 5.56 Å². The van der Waals surface area contributed by atoms with E-state index in [2.05, 4.69) is 9.47 Å². The Balaban J connectivity index is 3.19. The molecule has 0 aliphatic rings. The van der Waals surface area contributed by atoms with Gasteiger partial charge in [-0.05, 0) is 23.8 Å². The minimum Gasteiger partial charge on any atom is -0.465 e. The summed E-state index contributed by atoms with van der Waals surface area (Å²) in [5.74, 6) is -3.96. The van der Waals surface area contributed by atoms with Crippen LogP contribution in [0.4, 0.5) is 8.78 Å². The summed E-state index contributed by atoms with van der Waals surface area (Å²) in [5, 5.41) is 0. The molecule has 0 spiro atoms. The highest BCUT2D eigenvalue weighted by atomic mass is 19.2. The van der Waals surface area contributed by atoms with E-state index in [4.69, 9.17) is 0 Å². The monoisotopic (exact) mass is 256 g/mol. The highest BCUT2D eigenvalue weighted by Crippen LogP contribution is 2.13. The number of hydrogen-bond donors (Lipinski definition) is 0. The summed E-state index contributed by atoms with van der Waals surface area (Å²) in [6.45, 7) is 0. The number of carbonyl (C=O) groups is 2. The van der Waals surface area contributed by atoms with Crippen molar-refractivity contribution in [3.63, 3.8) is 0 Å². The van der Waals surface area contributed by atoms with Crippen LogP contribution in [0.5, 0.6) is 0 Å². The molecule has 0 saturated carbocycles. The Morgan fingerprint density at radius 3 is 2.06 bits per heavy atom. The van der Waals surface area contributed by atoms with Crippen molar-refractivity contribution < 1.29 is 27.8 Å². The molecule has 1 aromatic carbocycles. The molecule has 0 aliphatic heterocycles. The van der Waals surface area contributed by atoms with Crippen molar-refractivity contribution in [2.24, 2.45) is 0 Å². The predicted octanol–water partition coefficient (Wildman–Crippen LogP) is 1.69. The van der Waals surface area contributed by atoms with Crippen LogP contribution >= 0.6 is 0 Å². The van der Waals surface area contributed by atoms with Crippen molar-refractivity contribution in [2.75, 3.05) is 14.2 Å². The van der Waals surface area contributed by atoms with Crippen LogP contribution in [0.2, 0.25) is 0 Å². The minimum absolute atomic E-state index is 0.139. The van der Waals surface area contributed by atoms with Gasteiger partial charge in [-0.1, -0.05) is 6.07 Å². The zero-order valence-electron chi connectivity index (χ0n) is 9.70. The second kappa shape index (κ2) is 5.90. The Hall–Kier alpha value is -2.24. The van der Waals surface area contributed by atoms with Gasteiger partial charge in [0.25, 0.3) is 0 Å². The molecule has 1 rings (SSSR count). The predicted molar refractivity (Wildman–Crippen MR) is 58.4 cm³/mol. The first-order chi connectivity index (χ1) is 8.49. The molecule has 1 aromatic rings. The van der Waals surface area contributed by atoms with Crippen molar-refractivity contribution in [1.82, 2.24) is 0 Å². The van der Waals surface area contributed by atoms with Crippen LogP contribution in [0.25, 0.3) is 6.08 Å². The van der Waals surface area contributed by atoms with Gasteiger partial charge in [-0.3, -0.25) is 0 Å². The van der Waals surface area contributed by atoms with E-state index in [1.807, 2.05) is 0 Å². The first-order valence-corrected chi connectivity index (χ1v) is 4.83. The number of methoxy groups -OCH3 is 2. The topological polar surface area (TPSA) is 52.6 Å². The normalized spacial score (nSPS) is 9.56. The Kier molecular flexibility index (Phi) is 4.53. The number of ether oxygens (including phenoxy) is 2. The Morgan fingerprint density at radius 1 is 1.06 bits per heavy atom. The van der Waals surface area contributed by atoms with Crippen molar-refractivity contribution >= 4 is 18.0 Å². The molecular weight excluding hydrogens is 246 g/mol. The summed E-state index contributed by atoms with van der Waals surface area (Å²) in [4.78, 5) is 22.6. The Labute approximate surface area is 102 Å². The Bertz CT molecular complexity index is 491. The van der Waals surface area contributed by atoms with Gasteiger partial charge in [0.05, 0.1) is 14.2 Å². The third-order valence-corrected chi connectivity index (χ3v) is 2.07. The molecule has 6 heteroatoms. The number of esters is 2. The average molecular weight is 256 g/mol. The summed E-state index contributed by atoms with van der Waals surface area (Å²) in [6.07, 6.45) is 1.06. The van der Waals surface area contributed by atoms with Crippen molar-refractivity contribution in [2.45, 2.75) is 0 Å². The molecule has 0 aromatic heterocycles. The third-order valence-electron chi connectivity index (χ3n) is 2.07. The number of rotatable bonds is 3. The van der Waals surface area contributed by atoms with Crippen LogP contribution in [0.15, 0.2) is 23.8 Å². The van der Waals surface area contributed by atoms with Gasteiger partial charge in [-0.2, -0.15) is 0 Å². The minimum atomic E-state index is -1.09. The standard InChI is InChI=1S/C12H10F2O4/c1-17-11(15)8(12(16)18-2)5-7-3-4-9(13)10(14)6-7/h3-6H,1-2H3. The van der Waals surface area contributed by atoms with Gasteiger partial charge in [0, 0.05) is 0 Å². The molecule has 0 unspecified atom stereocenters. The van der Waals surface area contributed by atoms with E-state index >= 15 is 0 Å². The molecular formula is C12H10F2O4. The van der Waals surface area contributed by atoms with Crippen LogP contribution in [0.3, 0.4) is 0 Å². The van der Waals surface area contributed by atoms with Crippen molar-refractivity contribution in [3.8, 4) is 0 Å². The van der Waals surface area contributed by atoms with Gasteiger partial charge < -0.3 is 9.47 Å². The highest BCUT2D eigenvalue weighted by molar-refractivity contribution is 6.17. The number of halogens is 2. The van der Waals surface area contributed by atoms with E-state index in [1.165, 1.54) is 6.07 Å². The summed E-state index contributed by atoms with van der Waals surface area (Å²) in [6, 6.07) is 2.94. The second-order valence-electron chi connectivity index (χ2n) is 3.21. The molecule has 0 radical (unpaired) electrons. The lowest BCUT2D eigenvalue weighted by Gasteiger charge is -2.03. The van der Waals surface area contributed by atoms with E-state index in [0.29, 0.717) is 0 Å². The fourth-order valence-corrected chi connectivity index (χ4v) is 1.19. The van der Waals surface area contributed by atoms with Crippen LogP contribution in [-0.4, -0.2) is 26.2 Å². The summed E-state index contributed by atoms with van der Waals surface area (Å²) in [5.41, 5.74) is -0.272. The molecule has 0 saturated heterocycles. The quantitative estimate of drug-likeness (QED) is 0.357. The fraction of sp³-hybridized carbons (Fsp3) is 0.167. The summed E-state index contributed by atoms with van der Waals surface area (Å²) < 4.78 is 34.4. The molecule has 0 amide bonds. The van der Waals surface area contributed by atoms with Gasteiger partial charge in [-0.15, -0.1) is 0 Å². The first-order valence-electron chi connectivity index (χ1n) is 4.83.